The molecular formula is C19H25N5O2. The van der Waals surface area contributed by atoms with Crippen LogP contribution in [0.2, 0.25) is 0 Å². The van der Waals surface area contributed by atoms with Gasteiger partial charge in [0.1, 0.15) is 0 Å². The first kappa shape index (κ1) is 17.1. The van der Waals surface area contributed by atoms with Gasteiger partial charge in [0, 0.05) is 63.0 Å². The number of rotatable bonds is 5. The van der Waals surface area contributed by atoms with Gasteiger partial charge < -0.3 is 9.42 Å². The third-order valence-corrected chi connectivity index (χ3v) is 5.47. The first-order valence-corrected chi connectivity index (χ1v) is 9.54. The predicted molar refractivity (Wildman–Crippen MR) is 96.3 cm³/mol. The third-order valence-electron chi connectivity index (χ3n) is 5.47. The van der Waals surface area contributed by atoms with Crippen molar-refractivity contribution in [2.75, 3.05) is 26.2 Å². The fraction of sp³-hybridized carbons (Fsp3) is 0.579. The van der Waals surface area contributed by atoms with Crippen LogP contribution in [0.5, 0.6) is 0 Å². The van der Waals surface area contributed by atoms with Gasteiger partial charge in [-0.15, -0.1) is 0 Å². The highest BCUT2D eigenvalue weighted by Crippen LogP contribution is 2.24. The standard InChI is InChI=1S/C19H25N5O2/c25-18(24-13-11-23(12-14-24)16-3-1-2-4-16)6-5-17-21-19(22-26-17)15-7-9-20-10-8-15/h7-10,16H,1-6,11-14H2. The Bertz CT molecular complexity index is 719. The smallest absolute Gasteiger partial charge is 0.227 e. The lowest BCUT2D eigenvalue weighted by Gasteiger charge is -2.38. The SMILES string of the molecule is O=C(CCc1nc(-c2ccncc2)no1)N1CCN(C2CCCC2)CC1. The van der Waals surface area contributed by atoms with E-state index in [0.29, 0.717) is 24.6 Å². The fourth-order valence-electron chi connectivity index (χ4n) is 3.95. The summed E-state index contributed by atoms with van der Waals surface area (Å²) in [4.78, 5) is 25.4. The van der Waals surface area contributed by atoms with Crippen molar-refractivity contribution in [2.45, 2.75) is 44.6 Å². The summed E-state index contributed by atoms with van der Waals surface area (Å²) in [5.74, 6) is 1.23. The average Bonchev–Trinajstić information content (AvgIpc) is 3.39. The Balaban J connectivity index is 1.25. The quantitative estimate of drug-likeness (QED) is 0.818. The van der Waals surface area contributed by atoms with Crippen molar-refractivity contribution >= 4 is 5.91 Å². The minimum absolute atomic E-state index is 0.180. The molecule has 1 saturated heterocycles. The van der Waals surface area contributed by atoms with E-state index in [-0.39, 0.29) is 5.91 Å². The van der Waals surface area contributed by atoms with Crippen molar-refractivity contribution in [1.29, 1.82) is 0 Å². The zero-order valence-electron chi connectivity index (χ0n) is 15.0. The van der Waals surface area contributed by atoms with E-state index in [0.717, 1.165) is 37.8 Å². The number of aromatic nitrogens is 3. The van der Waals surface area contributed by atoms with E-state index in [1.165, 1.54) is 25.7 Å². The van der Waals surface area contributed by atoms with Crippen LogP contribution in [0.1, 0.15) is 38.0 Å². The molecule has 3 heterocycles. The van der Waals surface area contributed by atoms with Gasteiger partial charge >= 0.3 is 0 Å². The Kier molecular flexibility index (Phi) is 5.24. The molecule has 1 amide bonds. The van der Waals surface area contributed by atoms with Crippen LogP contribution in [0.25, 0.3) is 11.4 Å². The summed E-state index contributed by atoms with van der Waals surface area (Å²) in [7, 11) is 0. The summed E-state index contributed by atoms with van der Waals surface area (Å²) in [6, 6.07) is 4.42. The van der Waals surface area contributed by atoms with Crippen molar-refractivity contribution in [3.8, 4) is 11.4 Å². The Morgan fingerprint density at radius 3 is 2.58 bits per heavy atom. The minimum Gasteiger partial charge on any atom is -0.340 e. The molecule has 0 N–H and O–H groups in total. The van der Waals surface area contributed by atoms with Crippen molar-refractivity contribution in [3.05, 3.63) is 30.4 Å². The highest BCUT2D eigenvalue weighted by molar-refractivity contribution is 5.76. The topological polar surface area (TPSA) is 75.4 Å². The zero-order chi connectivity index (χ0) is 17.8. The minimum atomic E-state index is 0.180. The van der Waals surface area contributed by atoms with Gasteiger partial charge in [-0.2, -0.15) is 4.98 Å². The van der Waals surface area contributed by atoms with Gasteiger partial charge in [0.25, 0.3) is 0 Å². The number of hydrogen-bond donors (Lipinski definition) is 0. The maximum Gasteiger partial charge on any atom is 0.227 e. The lowest BCUT2D eigenvalue weighted by molar-refractivity contribution is -0.133. The summed E-state index contributed by atoms with van der Waals surface area (Å²) in [6.45, 7) is 3.68. The Hall–Kier alpha value is -2.28. The number of aryl methyl sites for hydroxylation is 1. The van der Waals surface area contributed by atoms with E-state index in [1.807, 2.05) is 17.0 Å². The Morgan fingerprint density at radius 1 is 1.12 bits per heavy atom. The first-order chi connectivity index (χ1) is 12.8. The summed E-state index contributed by atoms with van der Waals surface area (Å²) < 4.78 is 5.28. The largest absolute Gasteiger partial charge is 0.340 e. The van der Waals surface area contributed by atoms with Crippen LogP contribution in [-0.2, 0) is 11.2 Å². The monoisotopic (exact) mass is 355 g/mol. The van der Waals surface area contributed by atoms with Crippen LogP contribution in [-0.4, -0.2) is 63.1 Å². The molecule has 1 aliphatic heterocycles. The second-order valence-corrected chi connectivity index (χ2v) is 7.10. The van der Waals surface area contributed by atoms with Crippen LogP contribution >= 0.6 is 0 Å². The van der Waals surface area contributed by atoms with E-state index in [4.69, 9.17) is 4.52 Å². The lowest BCUT2D eigenvalue weighted by atomic mass is 10.1. The molecule has 0 radical (unpaired) electrons. The van der Waals surface area contributed by atoms with E-state index in [9.17, 15) is 4.79 Å². The molecule has 7 heteroatoms. The maximum atomic E-state index is 12.5. The normalized spacial score (nSPS) is 19.2. The molecule has 2 aromatic heterocycles. The number of carbonyl (C=O) groups excluding carboxylic acids is 1. The number of piperazine rings is 1. The molecule has 1 saturated carbocycles. The zero-order valence-corrected chi connectivity index (χ0v) is 15.0. The van der Waals surface area contributed by atoms with Crippen LogP contribution in [0, 0.1) is 0 Å². The van der Waals surface area contributed by atoms with Gasteiger partial charge in [-0.25, -0.2) is 0 Å². The second-order valence-electron chi connectivity index (χ2n) is 7.10. The molecule has 2 aromatic rings. The van der Waals surface area contributed by atoms with Crippen LogP contribution < -0.4 is 0 Å². The van der Waals surface area contributed by atoms with Gasteiger partial charge in [0.05, 0.1) is 0 Å². The van der Waals surface area contributed by atoms with Crippen molar-refractivity contribution < 1.29 is 9.32 Å². The summed E-state index contributed by atoms with van der Waals surface area (Å²) in [5, 5.41) is 3.99. The highest BCUT2D eigenvalue weighted by atomic mass is 16.5. The number of amides is 1. The molecule has 0 bridgehead atoms. The molecule has 2 fully saturated rings. The molecular weight excluding hydrogens is 330 g/mol. The van der Waals surface area contributed by atoms with E-state index in [1.54, 1.807) is 12.4 Å². The molecule has 0 unspecified atom stereocenters. The Labute approximate surface area is 153 Å². The summed E-state index contributed by atoms with van der Waals surface area (Å²) in [5.41, 5.74) is 0.865. The van der Waals surface area contributed by atoms with Gasteiger partial charge in [-0.1, -0.05) is 18.0 Å². The van der Waals surface area contributed by atoms with Gasteiger partial charge in [-0.3, -0.25) is 14.7 Å². The summed E-state index contributed by atoms with van der Waals surface area (Å²) >= 11 is 0. The van der Waals surface area contributed by atoms with Crippen LogP contribution in [0.4, 0.5) is 0 Å². The highest BCUT2D eigenvalue weighted by Gasteiger charge is 2.27. The second kappa shape index (κ2) is 7.95. The van der Waals surface area contributed by atoms with Gasteiger partial charge in [0.15, 0.2) is 0 Å². The van der Waals surface area contributed by atoms with Crippen molar-refractivity contribution in [3.63, 3.8) is 0 Å². The number of hydrogen-bond acceptors (Lipinski definition) is 6. The molecule has 138 valence electrons. The molecule has 0 atom stereocenters. The lowest BCUT2D eigenvalue weighted by Crippen LogP contribution is -2.51. The van der Waals surface area contributed by atoms with Gasteiger partial charge in [-0.05, 0) is 25.0 Å². The molecule has 0 spiro atoms. The van der Waals surface area contributed by atoms with Gasteiger partial charge in [0.2, 0.25) is 17.6 Å². The predicted octanol–water partition coefficient (Wildman–Crippen LogP) is 2.15. The maximum absolute atomic E-state index is 12.5. The molecule has 2 aliphatic rings. The third kappa shape index (κ3) is 3.93. The summed E-state index contributed by atoms with van der Waals surface area (Å²) in [6.07, 6.45) is 9.65. The average molecular weight is 355 g/mol. The fourth-order valence-corrected chi connectivity index (χ4v) is 3.95. The molecule has 1 aliphatic carbocycles. The first-order valence-electron chi connectivity index (χ1n) is 9.54. The van der Waals surface area contributed by atoms with Crippen molar-refractivity contribution in [2.24, 2.45) is 0 Å². The van der Waals surface area contributed by atoms with Crippen LogP contribution in [0.3, 0.4) is 0 Å². The Morgan fingerprint density at radius 2 is 1.85 bits per heavy atom. The van der Waals surface area contributed by atoms with E-state index in [2.05, 4.69) is 20.0 Å². The number of nitrogens with zero attached hydrogens (tertiary/aromatic N) is 5. The van der Waals surface area contributed by atoms with E-state index < -0.39 is 0 Å². The molecule has 7 nitrogen and oxygen atoms in total. The van der Waals surface area contributed by atoms with Crippen molar-refractivity contribution in [1.82, 2.24) is 24.9 Å². The van der Waals surface area contributed by atoms with Crippen LogP contribution in [0.15, 0.2) is 29.0 Å². The molecule has 4 rings (SSSR count). The molecule has 26 heavy (non-hydrogen) atoms. The van der Waals surface area contributed by atoms with E-state index >= 15 is 0 Å². The number of carbonyl (C=O) groups is 1. The molecule has 0 aromatic carbocycles. The number of pyridine rings is 1.